The summed E-state index contributed by atoms with van der Waals surface area (Å²) in [7, 11) is 1.72. The van der Waals surface area contributed by atoms with E-state index >= 15 is 0 Å². The molecule has 0 aliphatic carbocycles. The summed E-state index contributed by atoms with van der Waals surface area (Å²) in [5.74, 6) is 4.27. The van der Waals surface area contributed by atoms with Crippen molar-refractivity contribution in [3.63, 3.8) is 0 Å². The minimum Gasteiger partial charge on any atom is -0.467 e. The van der Waals surface area contributed by atoms with Gasteiger partial charge in [0.25, 0.3) is 0 Å². The van der Waals surface area contributed by atoms with Gasteiger partial charge in [0.05, 0.1) is 18.8 Å². The lowest BCUT2D eigenvalue weighted by Crippen LogP contribution is -2.48. The van der Waals surface area contributed by atoms with E-state index in [2.05, 4.69) is 42.3 Å². The minimum atomic E-state index is -0.0831. The van der Waals surface area contributed by atoms with Crippen molar-refractivity contribution in [2.24, 2.45) is 10.4 Å². The Labute approximate surface area is 132 Å². The summed E-state index contributed by atoms with van der Waals surface area (Å²) in [6.07, 6.45) is 7.18. The number of furan rings is 1. The molecule has 0 amide bonds. The second kappa shape index (κ2) is 8.10. The number of terminal acetylenes is 1. The molecule has 1 aromatic heterocycles. The third kappa shape index (κ3) is 6.01. The number of guanidine groups is 1. The molecule has 106 valence electrons. The van der Waals surface area contributed by atoms with E-state index in [1.165, 1.54) is 0 Å². The molecule has 0 aromatic carbocycles. The van der Waals surface area contributed by atoms with Crippen molar-refractivity contribution in [2.45, 2.75) is 33.4 Å². The van der Waals surface area contributed by atoms with Crippen LogP contribution in [0.2, 0.25) is 0 Å². The molecule has 0 radical (unpaired) electrons. The zero-order chi connectivity index (χ0) is 13.6. The number of halogens is 1. The van der Waals surface area contributed by atoms with Crippen LogP contribution in [-0.4, -0.2) is 19.0 Å². The lowest BCUT2D eigenvalue weighted by Gasteiger charge is -2.28. The zero-order valence-corrected chi connectivity index (χ0v) is 14.2. The van der Waals surface area contributed by atoms with Crippen LogP contribution >= 0.6 is 24.0 Å². The molecule has 1 unspecified atom stereocenters. The summed E-state index contributed by atoms with van der Waals surface area (Å²) in [6.45, 7) is 6.84. The monoisotopic (exact) mass is 375 g/mol. The molecule has 0 spiro atoms. The Bertz CT molecular complexity index is 427. The summed E-state index contributed by atoms with van der Waals surface area (Å²) >= 11 is 0. The molecule has 1 rings (SSSR count). The van der Waals surface area contributed by atoms with Gasteiger partial charge in [-0.15, -0.1) is 30.4 Å². The second-order valence-electron chi connectivity index (χ2n) is 5.12. The average molecular weight is 375 g/mol. The van der Waals surface area contributed by atoms with Crippen molar-refractivity contribution >= 4 is 29.9 Å². The highest BCUT2D eigenvalue weighted by Crippen LogP contribution is 2.18. The van der Waals surface area contributed by atoms with E-state index in [0.29, 0.717) is 12.5 Å². The van der Waals surface area contributed by atoms with E-state index in [0.717, 1.165) is 5.76 Å². The molecule has 19 heavy (non-hydrogen) atoms. The maximum Gasteiger partial charge on any atom is 0.192 e. The highest BCUT2D eigenvalue weighted by Gasteiger charge is 2.23. The standard InChI is InChI=1S/C14H21N3O.HI/c1-6-12(14(2,3)4)17-13(15-5)16-10-11-8-7-9-18-11;/h1,7-9,12H,10H2,2-5H3,(H2,15,16,17);1H. The van der Waals surface area contributed by atoms with Crippen LogP contribution in [0.15, 0.2) is 27.8 Å². The largest absolute Gasteiger partial charge is 0.467 e. The van der Waals surface area contributed by atoms with Crippen molar-refractivity contribution in [2.75, 3.05) is 7.05 Å². The predicted octanol–water partition coefficient (Wildman–Crippen LogP) is 2.61. The lowest BCUT2D eigenvalue weighted by atomic mass is 9.87. The Kier molecular flexibility index (Phi) is 7.61. The van der Waals surface area contributed by atoms with E-state index in [1.807, 2.05) is 12.1 Å². The van der Waals surface area contributed by atoms with Gasteiger partial charge in [-0.05, 0) is 17.5 Å². The van der Waals surface area contributed by atoms with Gasteiger partial charge in [-0.1, -0.05) is 26.7 Å². The minimum absolute atomic E-state index is 0. The molecular formula is C14H22IN3O. The van der Waals surface area contributed by atoms with E-state index in [1.54, 1.807) is 13.3 Å². The van der Waals surface area contributed by atoms with Crippen LogP contribution in [0.1, 0.15) is 26.5 Å². The van der Waals surface area contributed by atoms with Crippen LogP contribution in [0.3, 0.4) is 0 Å². The quantitative estimate of drug-likeness (QED) is 0.370. The number of hydrogen-bond acceptors (Lipinski definition) is 2. The molecule has 0 aliphatic rings. The topological polar surface area (TPSA) is 49.6 Å². The fourth-order valence-electron chi connectivity index (χ4n) is 1.42. The molecule has 1 atom stereocenters. The fourth-order valence-corrected chi connectivity index (χ4v) is 1.42. The summed E-state index contributed by atoms with van der Waals surface area (Å²) in [5.41, 5.74) is -0.0307. The molecule has 0 aliphatic heterocycles. The molecule has 0 saturated heterocycles. The number of nitrogens with zero attached hydrogens (tertiary/aromatic N) is 1. The highest BCUT2D eigenvalue weighted by atomic mass is 127. The molecule has 1 aromatic rings. The maximum atomic E-state index is 5.54. The van der Waals surface area contributed by atoms with Crippen molar-refractivity contribution in [1.82, 2.24) is 10.6 Å². The molecule has 0 saturated carbocycles. The first-order valence-corrected chi connectivity index (χ1v) is 5.93. The SMILES string of the molecule is C#CC(NC(=NC)NCc1ccco1)C(C)(C)C.I. The summed E-state index contributed by atoms with van der Waals surface area (Å²) in [6, 6.07) is 3.68. The van der Waals surface area contributed by atoms with E-state index < -0.39 is 0 Å². The van der Waals surface area contributed by atoms with Crippen LogP contribution in [0.25, 0.3) is 0 Å². The first-order valence-electron chi connectivity index (χ1n) is 5.93. The first-order chi connectivity index (χ1) is 8.47. The van der Waals surface area contributed by atoms with Crippen molar-refractivity contribution in [3.8, 4) is 12.3 Å². The van der Waals surface area contributed by atoms with Crippen LogP contribution < -0.4 is 10.6 Å². The van der Waals surface area contributed by atoms with Gasteiger partial charge in [0.2, 0.25) is 0 Å². The van der Waals surface area contributed by atoms with Crippen LogP contribution in [0, 0.1) is 17.8 Å². The Morgan fingerprint density at radius 2 is 2.21 bits per heavy atom. The molecule has 0 bridgehead atoms. The van der Waals surface area contributed by atoms with Crippen molar-refractivity contribution in [3.05, 3.63) is 24.2 Å². The Morgan fingerprint density at radius 1 is 1.53 bits per heavy atom. The Morgan fingerprint density at radius 3 is 2.63 bits per heavy atom. The summed E-state index contributed by atoms with van der Waals surface area (Å²) in [5, 5.41) is 6.38. The highest BCUT2D eigenvalue weighted by molar-refractivity contribution is 14.0. The number of hydrogen-bond donors (Lipinski definition) is 2. The summed E-state index contributed by atoms with van der Waals surface area (Å²) < 4.78 is 5.24. The first kappa shape index (κ1) is 17.8. The van der Waals surface area contributed by atoms with Crippen LogP contribution in [0.5, 0.6) is 0 Å². The van der Waals surface area contributed by atoms with Crippen LogP contribution in [-0.2, 0) is 6.54 Å². The molecule has 0 fully saturated rings. The van der Waals surface area contributed by atoms with E-state index in [9.17, 15) is 0 Å². The average Bonchev–Trinajstić information content (AvgIpc) is 2.80. The van der Waals surface area contributed by atoms with Gasteiger partial charge < -0.3 is 15.1 Å². The maximum absolute atomic E-state index is 5.54. The lowest BCUT2D eigenvalue weighted by molar-refractivity contribution is 0.349. The number of aliphatic imine (C=N–C) groups is 1. The van der Waals surface area contributed by atoms with Gasteiger partial charge >= 0.3 is 0 Å². The number of rotatable bonds is 3. The van der Waals surface area contributed by atoms with Gasteiger partial charge in [-0.2, -0.15) is 0 Å². The van der Waals surface area contributed by atoms with E-state index in [4.69, 9.17) is 10.8 Å². The van der Waals surface area contributed by atoms with Crippen LogP contribution in [0.4, 0.5) is 0 Å². The Hall–Kier alpha value is -1.16. The van der Waals surface area contributed by atoms with Gasteiger partial charge in [-0.3, -0.25) is 4.99 Å². The third-order valence-electron chi connectivity index (χ3n) is 2.55. The molecule has 4 nitrogen and oxygen atoms in total. The van der Waals surface area contributed by atoms with Gasteiger partial charge in [0.1, 0.15) is 5.76 Å². The summed E-state index contributed by atoms with van der Waals surface area (Å²) in [4.78, 5) is 4.15. The van der Waals surface area contributed by atoms with Crippen molar-refractivity contribution in [1.29, 1.82) is 0 Å². The zero-order valence-electron chi connectivity index (χ0n) is 11.9. The predicted molar refractivity (Wildman–Crippen MR) is 89.5 cm³/mol. The smallest absolute Gasteiger partial charge is 0.192 e. The van der Waals surface area contributed by atoms with Gasteiger partial charge in [0.15, 0.2) is 5.96 Å². The molecule has 5 heteroatoms. The fraction of sp³-hybridized carbons (Fsp3) is 0.500. The normalized spacial score (nSPS) is 13.1. The molecular weight excluding hydrogens is 353 g/mol. The van der Waals surface area contributed by atoms with Gasteiger partial charge in [-0.25, -0.2) is 0 Å². The second-order valence-corrected chi connectivity index (χ2v) is 5.12. The Balaban J connectivity index is 0.00000324. The number of nitrogens with one attached hydrogen (secondary N) is 2. The third-order valence-corrected chi connectivity index (χ3v) is 2.55. The van der Waals surface area contributed by atoms with Gasteiger partial charge in [0, 0.05) is 7.05 Å². The van der Waals surface area contributed by atoms with E-state index in [-0.39, 0.29) is 35.4 Å². The molecule has 2 N–H and O–H groups in total. The molecule has 1 heterocycles. The van der Waals surface area contributed by atoms with Crippen molar-refractivity contribution < 1.29 is 4.42 Å².